The number of carbonyl (C=O) groups is 1. The van der Waals surface area contributed by atoms with Crippen LogP contribution in [-0.2, 0) is 10.2 Å². The maximum atomic E-state index is 14.2. The predicted octanol–water partition coefficient (Wildman–Crippen LogP) is 7.17. The lowest BCUT2D eigenvalue weighted by molar-refractivity contribution is -0.121. The van der Waals surface area contributed by atoms with Crippen LogP contribution in [0.2, 0.25) is 0 Å². The third-order valence-corrected chi connectivity index (χ3v) is 5.26. The van der Waals surface area contributed by atoms with Crippen LogP contribution in [0.15, 0.2) is 78.9 Å². The number of carbonyl (C=O) groups excluding carboxylic acids is 1. The molecular weight excluding hydrogens is 417 g/mol. The molecule has 0 N–H and O–H groups in total. The molecule has 0 bridgehead atoms. The van der Waals surface area contributed by atoms with Crippen molar-refractivity contribution in [1.82, 2.24) is 0 Å². The number of para-hydroxylation sites is 1. The van der Waals surface area contributed by atoms with Crippen molar-refractivity contribution in [2.24, 2.45) is 0 Å². The van der Waals surface area contributed by atoms with Crippen molar-refractivity contribution < 1.29 is 27.4 Å². The van der Waals surface area contributed by atoms with Crippen molar-refractivity contribution in [2.75, 3.05) is 0 Å². The Kier molecular flexibility index (Phi) is 7.36. The largest absolute Gasteiger partial charge is 0.454 e. The first-order valence-corrected chi connectivity index (χ1v) is 10.0. The Bertz CT molecular complexity index is 1080. The van der Waals surface area contributed by atoms with Gasteiger partial charge >= 0.3 is 6.61 Å². The normalized spacial score (nSPS) is 13.2. The van der Waals surface area contributed by atoms with Gasteiger partial charge in [0, 0.05) is 0 Å². The van der Waals surface area contributed by atoms with E-state index in [1.165, 1.54) is 25.1 Å². The Hall–Kier alpha value is -3.54. The highest BCUT2D eigenvalue weighted by molar-refractivity contribution is 5.88. The summed E-state index contributed by atoms with van der Waals surface area (Å²) in [5, 5.41) is 0. The minimum absolute atomic E-state index is 0.0300. The van der Waals surface area contributed by atoms with Crippen LogP contribution in [0.3, 0.4) is 0 Å². The van der Waals surface area contributed by atoms with Crippen LogP contribution < -0.4 is 9.47 Å². The Morgan fingerprint density at radius 2 is 1.69 bits per heavy atom. The van der Waals surface area contributed by atoms with E-state index in [-0.39, 0.29) is 17.3 Å². The van der Waals surface area contributed by atoms with Crippen LogP contribution in [0, 0.1) is 5.82 Å². The second kappa shape index (κ2) is 10.2. The fourth-order valence-electron chi connectivity index (χ4n) is 3.22. The number of halogens is 3. The molecule has 0 aliphatic carbocycles. The van der Waals surface area contributed by atoms with Crippen LogP contribution in [0.5, 0.6) is 17.2 Å². The van der Waals surface area contributed by atoms with Crippen molar-refractivity contribution >= 4 is 11.9 Å². The van der Waals surface area contributed by atoms with Gasteiger partial charge in [0.1, 0.15) is 17.3 Å². The summed E-state index contributed by atoms with van der Waals surface area (Å²) in [5.74, 6) is 0.100. The molecule has 0 aliphatic heterocycles. The van der Waals surface area contributed by atoms with E-state index in [1.807, 2.05) is 12.1 Å². The Morgan fingerprint density at radius 3 is 2.31 bits per heavy atom. The molecule has 0 radical (unpaired) electrons. The molecule has 3 aromatic rings. The Morgan fingerprint density at radius 1 is 1.00 bits per heavy atom. The molecule has 3 aromatic carbocycles. The van der Waals surface area contributed by atoms with E-state index in [2.05, 4.69) is 4.74 Å². The first kappa shape index (κ1) is 23.1. The molecule has 0 heterocycles. The van der Waals surface area contributed by atoms with Gasteiger partial charge in [-0.15, -0.1) is 0 Å². The number of Topliss-reactive ketones (excluding diaryl/α,β-unsaturated/α-hetero) is 1. The third kappa shape index (κ3) is 5.78. The SMILES string of the molecule is CC(=O)C(C)(CC=Cc1ccc(F)c(Oc2ccccc2)c1)c1ccc(OC(F)F)cc1. The van der Waals surface area contributed by atoms with E-state index >= 15 is 0 Å². The summed E-state index contributed by atoms with van der Waals surface area (Å²) in [6, 6.07) is 19.5. The minimum atomic E-state index is -2.91. The quantitative estimate of drug-likeness (QED) is 0.354. The van der Waals surface area contributed by atoms with Crippen LogP contribution in [0.4, 0.5) is 13.2 Å². The van der Waals surface area contributed by atoms with E-state index in [4.69, 9.17) is 4.74 Å². The van der Waals surface area contributed by atoms with Crippen molar-refractivity contribution in [3.05, 3.63) is 95.8 Å². The molecule has 0 fully saturated rings. The molecule has 1 unspecified atom stereocenters. The van der Waals surface area contributed by atoms with Gasteiger partial charge in [-0.25, -0.2) is 4.39 Å². The molecule has 3 nitrogen and oxygen atoms in total. The maximum Gasteiger partial charge on any atom is 0.387 e. The third-order valence-electron chi connectivity index (χ3n) is 5.26. The van der Waals surface area contributed by atoms with E-state index in [0.29, 0.717) is 23.3 Å². The number of ether oxygens (including phenoxy) is 2. The standard InChI is InChI=1S/C26H23F3O3/c1-18(30)26(2,20-11-13-22(14-12-20)32-25(28)29)16-6-7-19-10-15-23(27)24(17-19)31-21-8-4-3-5-9-21/h3-15,17,25H,16H2,1-2H3. The zero-order valence-electron chi connectivity index (χ0n) is 17.7. The topological polar surface area (TPSA) is 35.5 Å². The number of allylic oxidation sites excluding steroid dienone is 1. The summed E-state index contributed by atoms with van der Waals surface area (Å²) < 4.78 is 48.9. The fourth-order valence-corrected chi connectivity index (χ4v) is 3.22. The van der Waals surface area contributed by atoms with Crippen LogP contribution in [0.25, 0.3) is 6.08 Å². The summed E-state index contributed by atoms with van der Waals surface area (Å²) >= 11 is 0. The maximum absolute atomic E-state index is 14.2. The van der Waals surface area contributed by atoms with Gasteiger partial charge in [0.2, 0.25) is 0 Å². The summed E-state index contributed by atoms with van der Waals surface area (Å²) in [7, 11) is 0. The average molecular weight is 440 g/mol. The number of rotatable bonds is 9. The molecule has 0 saturated carbocycles. The number of alkyl halides is 2. The molecule has 3 rings (SSSR count). The summed E-state index contributed by atoms with van der Waals surface area (Å²) in [5.41, 5.74) is 0.538. The molecule has 0 aliphatic rings. The fraction of sp³-hybridized carbons (Fsp3) is 0.192. The highest BCUT2D eigenvalue weighted by Crippen LogP contribution is 2.32. The van der Waals surface area contributed by atoms with Gasteiger partial charge in [-0.2, -0.15) is 8.78 Å². The van der Waals surface area contributed by atoms with Crippen molar-refractivity contribution in [3.63, 3.8) is 0 Å². The lowest BCUT2D eigenvalue weighted by atomic mass is 9.76. The van der Waals surface area contributed by atoms with E-state index in [1.54, 1.807) is 61.5 Å². The molecule has 1 atom stereocenters. The number of hydrogen-bond acceptors (Lipinski definition) is 3. The second-order valence-corrected chi connectivity index (χ2v) is 7.50. The van der Waals surface area contributed by atoms with Gasteiger partial charge in [-0.3, -0.25) is 4.79 Å². The van der Waals surface area contributed by atoms with E-state index in [9.17, 15) is 18.0 Å². The van der Waals surface area contributed by atoms with Gasteiger partial charge in [0.15, 0.2) is 11.6 Å². The highest BCUT2D eigenvalue weighted by Gasteiger charge is 2.30. The number of ketones is 1. The van der Waals surface area contributed by atoms with Gasteiger partial charge in [-0.05, 0) is 67.8 Å². The van der Waals surface area contributed by atoms with Gasteiger partial charge in [0.25, 0.3) is 0 Å². The lowest BCUT2D eigenvalue weighted by Crippen LogP contribution is -2.29. The molecule has 0 aromatic heterocycles. The zero-order chi connectivity index (χ0) is 23.1. The van der Waals surface area contributed by atoms with Crippen molar-refractivity contribution in [2.45, 2.75) is 32.3 Å². The lowest BCUT2D eigenvalue weighted by Gasteiger charge is -2.26. The monoisotopic (exact) mass is 440 g/mol. The molecule has 0 saturated heterocycles. The average Bonchev–Trinajstić information content (AvgIpc) is 2.76. The summed E-state index contributed by atoms with van der Waals surface area (Å²) in [6.45, 7) is 0.368. The van der Waals surface area contributed by atoms with Gasteiger partial charge in [0.05, 0.1) is 5.41 Å². The van der Waals surface area contributed by atoms with Gasteiger partial charge in [-0.1, -0.05) is 48.6 Å². The molecular formula is C26H23F3O3. The highest BCUT2D eigenvalue weighted by atomic mass is 19.3. The molecule has 0 amide bonds. The number of benzene rings is 3. The smallest absolute Gasteiger partial charge is 0.387 e. The predicted molar refractivity (Wildman–Crippen MR) is 118 cm³/mol. The molecule has 32 heavy (non-hydrogen) atoms. The Labute approximate surface area is 185 Å². The van der Waals surface area contributed by atoms with Crippen LogP contribution in [-0.4, -0.2) is 12.4 Å². The van der Waals surface area contributed by atoms with E-state index < -0.39 is 17.8 Å². The molecule has 6 heteroatoms. The van der Waals surface area contributed by atoms with Crippen LogP contribution in [0.1, 0.15) is 31.4 Å². The zero-order valence-corrected chi connectivity index (χ0v) is 17.7. The van der Waals surface area contributed by atoms with Crippen molar-refractivity contribution in [3.8, 4) is 17.2 Å². The van der Waals surface area contributed by atoms with Gasteiger partial charge < -0.3 is 9.47 Å². The summed E-state index contributed by atoms with van der Waals surface area (Å²) in [6.07, 6.45) is 3.97. The van der Waals surface area contributed by atoms with Crippen LogP contribution >= 0.6 is 0 Å². The summed E-state index contributed by atoms with van der Waals surface area (Å²) in [4.78, 5) is 12.4. The first-order valence-electron chi connectivity index (χ1n) is 10.0. The minimum Gasteiger partial charge on any atom is -0.454 e. The first-order chi connectivity index (χ1) is 15.3. The van der Waals surface area contributed by atoms with Crippen molar-refractivity contribution in [1.29, 1.82) is 0 Å². The second-order valence-electron chi connectivity index (χ2n) is 7.50. The number of hydrogen-bond donors (Lipinski definition) is 0. The van der Waals surface area contributed by atoms with E-state index in [0.717, 1.165) is 0 Å². The molecule has 166 valence electrons. The molecule has 0 spiro atoms. The Balaban J connectivity index is 1.76.